The van der Waals surface area contributed by atoms with Crippen LogP contribution in [-0.2, 0) is 4.79 Å². The lowest BCUT2D eigenvalue weighted by Crippen LogP contribution is -2.47. The first-order chi connectivity index (χ1) is 9.47. The van der Waals surface area contributed by atoms with Crippen molar-refractivity contribution in [2.24, 2.45) is 5.92 Å². The van der Waals surface area contributed by atoms with Crippen LogP contribution in [0.2, 0.25) is 0 Å². The molecule has 0 spiro atoms. The fourth-order valence-electron chi connectivity index (χ4n) is 2.22. The van der Waals surface area contributed by atoms with Crippen LogP contribution in [0, 0.1) is 12.8 Å². The number of nitrogens with one attached hydrogen (secondary N) is 1. The molecule has 2 heterocycles. The van der Waals surface area contributed by atoms with Crippen LogP contribution in [0.4, 0.5) is 0 Å². The van der Waals surface area contributed by atoms with Crippen molar-refractivity contribution in [1.82, 2.24) is 15.4 Å². The smallest absolute Gasteiger partial charge is 0.276 e. The Morgan fingerprint density at radius 2 is 2.05 bits per heavy atom. The number of piperidine rings is 1. The van der Waals surface area contributed by atoms with Gasteiger partial charge in [0.25, 0.3) is 5.91 Å². The van der Waals surface area contributed by atoms with Gasteiger partial charge in [-0.25, -0.2) is 0 Å². The summed E-state index contributed by atoms with van der Waals surface area (Å²) in [6.07, 6.45) is 1.56. The highest BCUT2D eigenvalue weighted by Crippen LogP contribution is 2.14. The van der Waals surface area contributed by atoms with Crippen molar-refractivity contribution in [2.75, 3.05) is 13.1 Å². The molecule has 0 bridgehead atoms. The zero-order chi connectivity index (χ0) is 14.7. The van der Waals surface area contributed by atoms with Crippen LogP contribution < -0.4 is 5.32 Å². The molecule has 1 aromatic rings. The molecular weight excluding hydrogens is 258 g/mol. The minimum Gasteiger partial charge on any atom is -0.361 e. The number of nitrogens with zero attached hydrogens (tertiary/aromatic N) is 2. The van der Waals surface area contributed by atoms with Gasteiger partial charge in [-0.2, -0.15) is 0 Å². The molecule has 2 rings (SSSR count). The highest BCUT2D eigenvalue weighted by molar-refractivity contribution is 5.92. The van der Waals surface area contributed by atoms with Crippen LogP contribution >= 0.6 is 0 Å². The van der Waals surface area contributed by atoms with E-state index in [4.69, 9.17) is 4.52 Å². The molecule has 1 aliphatic rings. The third-order valence-corrected chi connectivity index (χ3v) is 3.50. The Kier molecular flexibility index (Phi) is 4.42. The number of aromatic nitrogens is 1. The molecule has 1 aromatic heterocycles. The average molecular weight is 279 g/mol. The number of likely N-dealkylation sites (tertiary alicyclic amines) is 1. The van der Waals surface area contributed by atoms with E-state index in [9.17, 15) is 9.59 Å². The predicted octanol–water partition coefficient (Wildman–Crippen LogP) is 1.36. The van der Waals surface area contributed by atoms with E-state index >= 15 is 0 Å². The van der Waals surface area contributed by atoms with Crippen LogP contribution in [0.25, 0.3) is 0 Å². The molecule has 1 saturated heterocycles. The summed E-state index contributed by atoms with van der Waals surface area (Å²) >= 11 is 0. The second-order valence-corrected chi connectivity index (χ2v) is 5.55. The monoisotopic (exact) mass is 279 g/mol. The molecule has 0 saturated carbocycles. The topological polar surface area (TPSA) is 75.4 Å². The maximum atomic E-state index is 12.2. The maximum absolute atomic E-state index is 12.2. The van der Waals surface area contributed by atoms with Gasteiger partial charge >= 0.3 is 0 Å². The van der Waals surface area contributed by atoms with Crippen molar-refractivity contribution in [1.29, 1.82) is 0 Å². The number of amides is 2. The summed E-state index contributed by atoms with van der Waals surface area (Å²) in [6.45, 7) is 6.78. The van der Waals surface area contributed by atoms with Gasteiger partial charge in [-0.3, -0.25) is 9.59 Å². The molecule has 20 heavy (non-hydrogen) atoms. The number of carbonyl (C=O) groups is 2. The first-order valence-corrected chi connectivity index (χ1v) is 7.00. The number of hydrogen-bond donors (Lipinski definition) is 1. The van der Waals surface area contributed by atoms with Gasteiger partial charge in [0.1, 0.15) is 5.76 Å². The largest absolute Gasteiger partial charge is 0.361 e. The molecule has 0 radical (unpaired) electrons. The first kappa shape index (κ1) is 14.6. The Balaban J connectivity index is 1.85. The Labute approximate surface area is 118 Å². The molecule has 0 aliphatic carbocycles. The molecule has 0 aromatic carbocycles. The zero-order valence-electron chi connectivity index (χ0n) is 12.2. The van der Waals surface area contributed by atoms with Crippen molar-refractivity contribution in [3.63, 3.8) is 0 Å². The van der Waals surface area contributed by atoms with E-state index in [0.29, 0.717) is 24.5 Å². The second-order valence-electron chi connectivity index (χ2n) is 5.55. The standard InChI is InChI=1S/C14H21N3O3/c1-9(2)13(18)15-11-4-6-17(7-5-11)14(19)12-8-10(3)20-16-12/h8-9,11H,4-7H2,1-3H3,(H,15,18). The fraction of sp³-hybridized carbons (Fsp3) is 0.643. The first-order valence-electron chi connectivity index (χ1n) is 7.00. The van der Waals surface area contributed by atoms with Gasteiger partial charge in [0.2, 0.25) is 5.91 Å². The maximum Gasteiger partial charge on any atom is 0.276 e. The third-order valence-electron chi connectivity index (χ3n) is 3.50. The molecule has 6 nitrogen and oxygen atoms in total. The molecule has 1 aliphatic heterocycles. The van der Waals surface area contributed by atoms with Crippen molar-refractivity contribution in [3.8, 4) is 0 Å². The summed E-state index contributed by atoms with van der Waals surface area (Å²) in [4.78, 5) is 25.6. The van der Waals surface area contributed by atoms with E-state index in [1.807, 2.05) is 13.8 Å². The summed E-state index contributed by atoms with van der Waals surface area (Å²) in [5.74, 6) is 0.595. The molecule has 0 unspecified atom stereocenters. The average Bonchev–Trinajstić information content (AvgIpc) is 2.85. The van der Waals surface area contributed by atoms with Crippen LogP contribution in [-0.4, -0.2) is 41.0 Å². The summed E-state index contributed by atoms with van der Waals surface area (Å²) in [5, 5.41) is 6.76. The van der Waals surface area contributed by atoms with Crippen LogP contribution in [0.5, 0.6) is 0 Å². The van der Waals surface area contributed by atoms with Crippen molar-refractivity contribution in [3.05, 3.63) is 17.5 Å². The SMILES string of the molecule is Cc1cc(C(=O)N2CCC(NC(=O)C(C)C)CC2)no1. The highest BCUT2D eigenvalue weighted by Gasteiger charge is 2.26. The van der Waals surface area contributed by atoms with E-state index in [-0.39, 0.29) is 23.8 Å². The van der Waals surface area contributed by atoms with Gasteiger partial charge in [-0.15, -0.1) is 0 Å². The number of rotatable bonds is 3. The number of carbonyl (C=O) groups excluding carboxylic acids is 2. The van der Waals surface area contributed by atoms with Gasteiger partial charge in [-0.05, 0) is 19.8 Å². The Bertz CT molecular complexity index is 488. The molecular formula is C14H21N3O3. The van der Waals surface area contributed by atoms with E-state index in [2.05, 4.69) is 10.5 Å². The lowest BCUT2D eigenvalue weighted by atomic mass is 10.0. The molecule has 6 heteroatoms. The summed E-state index contributed by atoms with van der Waals surface area (Å²) in [5.41, 5.74) is 0.354. The number of aryl methyl sites for hydroxylation is 1. The summed E-state index contributed by atoms with van der Waals surface area (Å²) in [6, 6.07) is 1.81. The van der Waals surface area contributed by atoms with E-state index in [1.54, 1.807) is 17.9 Å². The quantitative estimate of drug-likeness (QED) is 0.906. The van der Waals surface area contributed by atoms with E-state index in [0.717, 1.165) is 12.8 Å². The highest BCUT2D eigenvalue weighted by atomic mass is 16.5. The summed E-state index contributed by atoms with van der Waals surface area (Å²) < 4.78 is 4.92. The third kappa shape index (κ3) is 3.37. The van der Waals surface area contributed by atoms with Crippen molar-refractivity contribution in [2.45, 2.75) is 39.7 Å². The minimum absolute atomic E-state index is 0.00670. The van der Waals surface area contributed by atoms with Gasteiger partial charge < -0.3 is 14.7 Å². The lowest BCUT2D eigenvalue weighted by Gasteiger charge is -2.32. The van der Waals surface area contributed by atoms with Crippen LogP contribution in [0.1, 0.15) is 42.9 Å². The fourth-order valence-corrected chi connectivity index (χ4v) is 2.22. The molecule has 1 N–H and O–H groups in total. The minimum atomic E-state index is -0.101. The zero-order valence-corrected chi connectivity index (χ0v) is 12.2. The van der Waals surface area contributed by atoms with Crippen molar-refractivity contribution < 1.29 is 14.1 Å². The van der Waals surface area contributed by atoms with Gasteiger partial charge in [-0.1, -0.05) is 19.0 Å². The molecule has 1 fully saturated rings. The Hall–Kier alpha value is -1.85. The Morgan fingerprint density at radius 1 is 1.40 bits per heavy atom. The Morgan fingerprint density at radius 3 is 2.55 bits per heavy atom. The molecule has 110 valence electrons. The van der Waals surface area contributed by atoms with Gasteiger partial charge in [0.15, 0.2) is 5.69 Å². The summed E-state index contributed by atoms with van der Waals surface area (Å²) in [7, 11) is 0. The molecule has 0 atom stereocenters. The predicted molar refractivity (Wildman–Crippen MR) is 73.1 cm³/mol. The van der Waals surface area contributed by atoms with E-state index in [1.165, 1.54) is 0 Å². The van der Waals surface area contributed by atoms with Crippen LogP contribution in [0.15, 0.2) is 10.6 Å². The molecule has 2 amide bonds. The van der Waals surface area contributed by atoms with Crippen LogP contribution in [0.3, 0.4) is 0 Å². The number of hydrogen-bond acceptors (Lipinski definition) is 4. The van der Waals surface area contributed by atoms with Crippen molar-refractivity contribution >= 4 is 11.8 Å². The van der Waals surface area contributed by atoms with Gasteiger partial charge in [0.05, 0.1) is 0 Å². The van der Waals surface area contributed by atoms with Gasteiger partial charge in [0, 0.05) is 31.1 Å². The normalized spacial score (nSPS) is 16.5. The second kappa shape index (κ2) is 6.07. The van der Waals surface area contributed by atoms with E-state index < -0.39 is 0 Å². The lowest BCUT2D eigenvalue weighted by molar-refractivity contribution is -0.124.